The van der Waals surface area contributed by atoms with Gasteiger partial charge in [-0.25, -0.2) is 9.50 Å². The summed E-state index contributed by atoms with van der Waals surface area (Å²) in [5.74, 6) is 0.685. The Bertz CT molecular complexity index is 1320. The number of alkyl halides is 3. The Morgan fingerprint density at radius 2 is 1.60 bits per heavy atom. The van der Waals surface area contributed by atoms with Crippen LogP contribution in [0.5, 0.6) is 0 Å². The lowest BCUT2D eigenvalue weighted by molar-refractivity contribution is -0.137. The van der Waals surface area contributed by atoms with E-state index in [-0.39, 0.29) is 5.89 Å². The summed E-state index contributed by atoms with van der Waals surface area (Å²) in [6, 6.07) is 15.9. The molecule has 30 heavy (non-hydrogen) atoms. The van der Waals surface area contributed by atoms with E-state index >= 15 is 0 Å². The molecule has 9 heteroatoms. The predicted molar refractivity (Wildman–Crippen MR) is 102 cm³/mol. The summed E-state index contributed by atoms with van der Waals surface area (Å²) in [5, 5.41) is 8.24. The van der Waals surface area contributed by atoms with Gasteiger partial charge in [-0.3, -0.25) is 0 Å². The van der Waals surface area contributed by atoms with Crippen molar-refractivity contribution in [3.05, 3.63) is 78.6 Å². The van der Waals surface area contributed by atoms with Crippen LogP contribution in [0.1, 0.15) is 5.56 Å². The minimum Gasteiger partial charge on any atom is -0.333 e. The van der Waals surface area contributed by atoms with Gasteiger partial charge >= 0.3 is 6.18 Å². The van der Waals surface area contributed by atoms with Crippen molar-refractivity contribution in [1.29, 1.82) is 0 Å². The molecule has 5 aromatic rings. The second-order valence-electron chi connectivity index (χ2n) is 6.50. The second kappa shape index (κ2) is 6.80. The standard InChI is InChI=1S/C21H12F3N5O/c22-21(23,24)15-8-6-13(7-9-15)17-10-11-29-19(26-17)16(12-25-29)20-27-18(28-30-20)14-4-2-1-3-5-14/h1-12H. The Morgan fingerprint density at radius 3 is 2.33 bits per heavy atom. The van der Waals surface area contributed by atoms with E-state index in [4.69, 9.17) is 4.52 Å². The first-order valence-electron chi connectivity index (χ1n) is 8.90. The maximum atomic E-state index is 12.8. The number of fused-ring (bicyclic) bond motifs is 1. The maximum Gasteiger partial charge on any atom is 0.416 e. The molecule has 3 heterocycles. The average molecular weight is 407 g/mol. The first-order valence-corrected chi connectivity index (χ1v) is 8.90. The molecule has 3 aromatic heterocycles. The fourth-order valence-electron chi connectivity index (χ4n) is 3.05. The number of rotatable bonds is 3. The third-order valence-corrected chi connectivity index (χ3v) is 4.57. The number of benzene rings is 2. The lowest BCUT2D eigenvalue weighted by Crippen LogP contribution is -2.04. The Labute approximate surface area is 167 Å². The van der Waals surface area contributed by atoms with Crippen molar-refractivity contribution in [2.75, 3.05) is 0 Å². The van der Waals surface area contributed by atoms with Gasteiger partial charge in [0.2, 0.25) is 5.82 Å². The van der Waals surface area contributed by atoms with Gasteiger partial charge in [0.25, 0.3) is 5.89 Å². The van der Waals surface area contributed by atoms with Gasteiger partial charge in [0.05, 0.1) is 17.5 Å². The van der Waals surface area contributed by atoms with Crippen molar-refractivity contribution in [1.82, 2.24) is 24.7 Å². The molecule has 0 amide bonds. The smallest absolute Gasteiger partial charge is 0.333 e. The Kier molecular flexibility index (Phi) is 4.09. The zero-order valence-electron chi connectivity index (χ0n) is 15.2. The highest BCUT2D eigenvalue weighted by atomic mass is 19.4. The molecule has 0 aliphatic carbocycles. The highest BCUT2D eigenvalue weighted by Crippen LogP contribution is 2.31. The summed E-state index contributed by atoms with van der Waals surface area (Å²) in [4.78, 5) is 8.97. The third-order valence-electron chi connectivity index (χ3n) is 4.57. The molecule has 0 atom stereocenters. The second-order valence-corrected chi connectivity index (χ2v) is 6.50. The quantitative estimate of drug-likeness (QED) is 0.415. The molecule has 0 aliphatic heterocycles. The summed E-state index contributed by atoms with van der Waals surface area (Å²) in [7, 11) is 0. The molecule has 0 spiro atoms. The molecule has 0 radical (unpaired) electrons. The average Bonchev–Trinajstić information content (AvgIpc) is 3.40. The molecule has 0 saturated carbocycles. The minimum absolute atomic E-state index is 0.251. The van der Waals surface area contributed by atoms with Crippen LogP contribution >= 0.6 is 0 Å². The molecule has 0 fully saturated rings. The Morgan fingerprint density at radius 1 is 0.833 bits per heavy atom. The first kappa shape index (κ1) is 18.0. The summed E-state index contributed by atoms with van der Waals surface area (Å²) in [5.41, 5.74) is 2.13. The van der Waals surface area contributed by atoms with Crippen LogP contribution in [0.2, 0.25) is 0 Å². The van der Waals surface area contributed by atoms with Crippen LogP contribution in [0.4, 0.5) is 13.2 Å². The van der Waals surface area contributed by atoms with E-state index in [9.17, 15) is 13.2 Å². The molecular formula is C21H12F3N5O. The number of halogens is 3. The van der Waals surface area contributed by atoms with Crippen molar-refractivity contribution in [2.45, 2.75) is 6.18 Å². The molecule has 0 N–H and O–H groups in total. The van der Waals surface area contributed by atoms with E-state index in [0.29, 0.717) is 28.3 Å². The summed E-state index contributed by atoms with van der Waals surface area (Å²) in [6.07, 6.45) is -1.16. The van der Waals surface area contributed by atoms with E-state index in [0.717, 1.165) is 17.7 Å². The fourth-order valence-corrected chi connectivity index (χ4v) is 3.05. The van der Waals surface area contributed by atoms with Crippen LogP contribution in [0.3, 0.4) is 0 Å². The maximum absolute atomic E-state index is 12.8. The van der Waals surface area contributed by atoms with Crippen LogP contribution in [0.15, 0.2) is 77.6 Å². The number of hydrogen-bond acceptors (Lipinski definition) is 5. The van der Waals surface area contributed by atoms with Gasteiger partial charge < -0.3 is 4.52 Å². The van der Waals surface area contributed by atoms with E-state index in [1.165, 1.54) is 16.6 Å². The highest BCUT2D eigenvalue weighted by molar-refractivity contribution is 5.74. The fraction of sp³-hybridized carbons (Fsp3) is 0.0476. The predicted octanol–water partition coefficient (Wildman–Crippen LogP) is 5.13. The van der Waals surface area contributed by atoms with Crippen LogP contribution in [-0.2, 0) is 6.18 Å². The molecule has 148 valence electrons. The first-order chi connectivity index (χ1) is 14.5. The van der Waals surface area contributed by atoms with Gasteiger partial charge in [0.1, 0.15) is 5.56 Å². The highest BCUT2D eigenvalue weighted by Gasteiger charge is 2.30. The molecule has 6 nitrogen and oxygen atoms in total. The molecule has 0 saturated heterocycles. The van der Waals surface area contributed by atoms with Crippen LogP contribution < -0.4 is 0 Å². The van der Waals surface area contributed by atoms with Crippen molar-refractivity contribution in [2.24, 2.45) is 0 Å². The number of aromatic nitrogens is 5. The summed E-state index contributed by atoms with van der Waals surface area (Å²) in [6.45, 7) is 0. The normalized spacial score (nSPS) is 11.8. The zero-order chi connectivity index (χ0) is 20.7. The van der Waals surface area contributed by atoms with Gasteiger partial charge in [-0.15, -0.1) is 0 Å². The molecule has 0 unspecified atom stereocenters. The van der Waals surface area contributed by atoms with Crippen molar-refractivity contribution in [3.8, 4) is 34.1 Å². The molecular weight excluding hydrogens is 395 g/mol. The van der Waals surface area contributed by atoms with Gasteiger partial charge in [-0.2, -0.15) is 23.3 Å². The lowest BCUT2D eigenvalue weighted by atomic mass is 10.1. The lowest BCUT2D eigenvalue weighted by Gasteiger charge is -2.07. The van der Waals surface area contributed by atoms with E-state index in [1.54, 1.807) is 18.5 Å². The topological polar surface area (TPSA) is 69.1 Å². The Balaban J connectivity index is 1.53. The zero-order valence-corrected chi connectivity index (χ0v) is 15.2. The van der Waals surface area contributed by atoms with Gasteiger partial charge in [-0.1, -0.05) is 47.6 Å². The molecule has 5 rings (SSSR count). The number of nitrogens with zero attached hydrogens (tertiary/aromatic N) is 5. The monoisotopic (exact) mass is 407 g/mol. The third kappa shape index (κ3) is 3.20. The van der Waals surface area contributed by atoms with Gasteiger partial charge in [-0.05, 0) is 18.2 Å². The SMILES string of the molecule is FC(F)(F)c1ccc(-c2ccn3ncc(-c4nc(-c5ccccc5)no4)c3n2)cc1. The summed E-state index contributed by atoms with van der Waals surface area (Å²) < 4.78 is 45.3. The van der Waals surface area contributed by atoms with Gasteiger partial charge in [0.15, 0.2) is 5.65 Å². The molecule has 0 bridgehead atoms. The van der Waals surface area contributed by atoms with E-state index in [2.05, 4.69) is 20.2 Å². The largest absolute Gasteiger partial charge is 0.416 e. The van der Waals surface area contributed by atoms with E-state index in [1.807, 2.05) is 30.3 Å². The van der Waals surface area contributed by atoms with Crippen LogP contribution in [-0.4, -0.2) is 24.7 Å². The molecule has 0 aliphatic rings. The summed E-state index contributed by atoms with van der Waals surface area (Å²) >= 11 is 0. The van der Waals surface area contributed by atoms with E-state index < -0.39 is 11.7 Å². The van der Waals surface area contributed by atoms with Gasteiger partial charge in [0, 0.05) is 17.3 Å². The van der Waals surface area contributed by atoms with Crippen LogP contribution in [0, 0.1) is 0 Å². The molecule has 2 aromatic carbocycles. The van der Waals surface area contributed by atoms with Crippen molar-refractivity contribution in [3.63, 3.8) is 0 Å². The minimum atomic E-state index is -4.39. The van der Waals surface area contributed by atoms with Crippen molar-refractivity contribution < 1.29 is 17.7 Å². The van der Waals surface area contributed by atoms with Crippen molar-refractivity contribution >= 4 is 5.65 Å². The number of hydrogen-bond donors (Lipinski definition) is 0. The van der Waals surface area contributed by atoms with Crippen LogP contribution in [0.25, 0.3) is 39.7 Å². The Hall–Kier alpha value is -4.01.